The summed E-state index contributed by atoms with van der Waals surface area (Å²) in [6.45, 7) is 8.65. The van der Waals surface area contributed by atoms with E-state index in [1.165, 1.54) is 11.1 Å². The summed E-state index contributed by atoms with van der Waals surface area (Å²) in [5.74, 6) is 0.0172. The Morgan fingerprint density at radius 2 is 2.12 bits per heavy atom. The Labute approximate surface area is 158 Å². The van der Waals surface area contributed by atoms with Gasteiger partial charge in [0.1, 0.15) is 3.92 Å². The van der Waals surface area contributed by atoms with Gasteiger partial charge in [-0.1, -0.05) is 78.6 Å². The molecule has 0 bridgehead atoms. The van der Waals surface area contributed by atoms with E-state index in [1.54, 1.807) is 0 Å². The van der Waals surface area contributed by atoms with Gasteiger partial charge in [0.15, 0.2) is 0 Å². The molecule has 1 atom stereocenters. The maximum Gasteiger partial charge on any atom is 0.238 e. The molecule has 0 saturated heterocycles. The van der Waals surface area contributed by atoms with Crippen LogP contribution < -0.4 is 5.32 Å². The van der Waals surface area contributed by atoms with Crippen LogP contribution in [0, 0.1) is 0 Å². The number of fused-ring (bicyclic) bond motifs is 1. The molecule has 3 nitrogen and oxygen atoms in total. The van der Waals surface area contributed by atoms with Crippen molar-refractivity contribution >= 4 is 28.5 Å². The molecule has 0 aromatic heterocycles. The molecule has 1 N–H and O–H groups in total. The lowest BCUT2D eigenvalue weighted by Gasteiger charge is -2.30. The predicted molar refractivity (Wildman–Crippen MR) is 109 cm³/mol. The number of hydrogen-bond acceptors (Lipinski definition) is 2. The Hall–Kier alpha value is -1.40. The number of carbonyl (C=O) groups is 1. The number of carbonyl (C=O) groups excluding carboxylic acids is 1. The molecular weight excluding hydrogens is 411 g/mol. The van der Waals surface area contributed by atoms with Crippen LogP contribution in [0.3, 0.4) is 0 Å². The van der Waals surface area contributed by atoms with Gasteiger partial charge in [0.2, 0.25) is 5.91 Å². The van der Waals surface area contributed by atoms with Gasteiger partial charge in [0, 0.05) is 25.3 Å². The third-order valence-corrected chi connectivity index (χ3v) is 4.94. The summed E-state index contributed by atoms with van der Waals surface area (Å²) in [7, 11) is 0. The van der Waals surface area contributed by atoms with Crippen molar-refractivity contribution in [3.05, 3.63) is 72.0 Å². The van der Waals surface area contributed by atoms with Crippen LogP contribution in [0.2, 0.25) is 0 Å². The molecule has 1 aromatic rings. The van der Waals surface area contributed by atoms with Crippen molar-refractivity contribution in [1.82, 2.24) is 10.2 Å². The van der Waals surface area contributed by atoms with Crippen molar-refractivity contribution < 1.29 is 4.79 Å². The molecule has 0 fully saturated rings. The minimum absolute atomic E-state index is 0.0172. The fraction of sp³-hybridized carbons (Fsp3) is 0.350. The van der Waals surface area contributed by atoms with Crippen LogP contribution in [-0.2, 0) is 17.8 Å². The summed E-state index contributed by atoms with van der Waals surface area (Å²) in [4.78, 5) is 14.7. The molecule has 2 rings (SSSR count). The smallest absolute Gasteiger partial charge is 0.238 e. The average Bonchev–Trinajstić information content (AvgIpc) is 2.58. The van der Waals surface area contributed by atoms with Crippen molar-refractivity contribution in [2.75, 3.05) is 13.1 Å². The largest absolute Gasteiger partial charge is 0.326 e. The van der Waals surface area contributed by atoms with Gasteiger partial charge >= 0.3 is 0 Å². The topological polar surface area (TPSA) is 32.3 Å². The Balaban J connectivity index is 1.81. The molecule has 0 aliphatic carbocycles. The maximum atomic E-state index is 12.3. The van der Waals surface area contributed by atoms with Crippen LogP contribution in [0.1, 0.15) is 24.5 Å². The third kappa shape index (κ3) is 5.91. The summed E-state index contributed by atoms with van der Waals surface area (Å²) < 4.78 is -0.0933. The van der Waals surface area contributed by atoms with Gasteiger partial charge in [0.25, 0.3) is 0 Å². The molecule has 4 heteroatoms. The Bertz CT molecular complexity index is 636. The Morgan fingerprint density at radius 1 is 1.38 bits per heavy atom. The van der Waals surface area contributed by atoms with E-state index in [4.69, 9.17) is 0 Å². The molecule has 1 heterocycles. The van der Waals surface area contributed by atoms with E-state index in [9.17, 15) is 4.79 Å². The number of amides is 1. The second-order valence-corrected chi connectivity index (χ2v) is 7.43. The van der Waals surface area contributed by atoms with E-state index in [2.05, 4.69) is 76.7 Å². The number of halogens is 1. The fourth-order valence-corrected chi connectivity index (χ4v) is 3.40. The first-order valence-corrected chi connectivity index (χ1v) is 9.61. The zero-order valence-corrected chi connectivity index (χ0v) is 16.3. The lowest BCUT2D eigenvalue weighted by molar-refractivity contribution is -0.119. The van der Waals surface area contributed by atoms with Gasteiger partial charge in [-0.25, -0.2) is 0 Å². The summed E-state index contributed by atoms with van der Waals surface area (Å²) in [5.41, 5.74) is 3.44. The Kier molecular flexibility index (Phi) is 7.72. The molecule has 1 aliphatic heterocycles. The summed E-state index contributed by atoms with van der Waals surface area (Å²) in [5, 5.41) is 2.88. The third-order valence-electron chi connectivity index (χ3n) is 3.98. The first-order valence-electron chi connectivity index (χ1n) is 8.36. The molecule has 24 heavy (non-hydrogen) atoms. The van der Waals surface area contributed by atoms with Crippen LogP contribution in [0.5, 0.6) is 0 Å². The van der Waals surface area contributed by atoms with Crippen molar-refractivity contribution in [3.8, 4) is 0 Å². The molecule has 0 unspecified atom stereocenters. The molecule has 0 saturated carbocycles. The van der Waals surface area contributed by atoms with Crippen molar-refractivity contribution in [2.45, 2.75) is 30.2 Å². The fourth-order valence-electron chi connectivity index (χ4n) is 2.68. The predicted octanol–water partition coefficient (Wildman–Crippen LogP) is 4.00. The van der Waals surface area contributed by atoms with E-state index in [0.29, 0.717) is 5.70 Å². The molecule has 128 valence electrons. The summed E-state index contributed by atoms with van der Waals surface area (Å²) in [6, 6.07) is 8.56. The zero-order chi connectivity index (χ0) is 17.4. The zero-order valence-electron chi connectivity index (χ0n) is 14.2. The van der Waals surface area contributed by atoms with Crippen LogP contribution in [0.25, 0.3) is 0 Å². The normalized spacial score (nSPS) is 16.2. The minimum Gasteiger partial charge on any atom is -0.326 e. The van der Waals surface area contributed by atoms with E-state index < -0.39 is 0 Å². The van der Waals surface area contributed by atoms with Crippen LogP contribution >= 0.6 is 22.6 Å². The first-order chi connectivity index (χ1) is 11.6. The van der Waals surface area contributed by atoms with E-state index in [0.717, 1.165) is 32.5 Å². The number of allylic oxidation sites excluding steroid dienone is 4. The maximum absolute atomic E-state index is 12.3. The highest BCUT2D eigenvalue weighted by molar-refractivity contribution is 14.1. The molecule has 1 aliphatic rings. The van der Waals surface area contributed by atoms with Crippen molar-refractivity contribution in [1.29, 1.82) is 0 Å². The lowest BCUT2D eigenvalue weighted by atomic mass is 10.00. The quantitative estimate of drug-likeness (QED) is 0.398. The lowest BCUT2D eigenvalue weighted by Crippen LogP contribution is -2.41. The molecular formula is C20H25IN2O. The van der Waals surface area contributed by atoms with Gasteiger partial charge in [-0.05, 0) is 30.0 Å². The van der Waals surface area contributed by atoms with Crippen molar-refractivity contribution in [3.63, 3.8) is 0 Å². The monoisotopic (exact) mass is 436 g/mol. The number of hydrogen-bond donors (Lipinski definition) is 1. The number of benzene rings is 1. The molecule has 1 aromatic carbocycles. The Morgan fingerprint density at radius 3 is 2.88 bits per heavy atom. The van der Waals surface area contributed by atoms with E-state index >= 15 is 0 Å². The van der Waals surface area contributed by atoms with Gasteiger partial charge in [-0.3, -0.25) is 9.69 Å². The highest BCUT2D eigenvalue weighted by Crippen LogP contribution is 2.19. The van der Waals surface area contributed by atoms with Crippen LogP contribution in [0.15, 0.2) is 60.8 Å². The summed E-state index contributed by atoms with van der Waals surface area (Å²) in [6.07, 6.45) is 9.80. The molecule has 0 spiro atoms. The highest BCUT2D eigenvalue weighted by Gasteiger charge is 2.22. The molecule has 0 radical (unpaired) electrons. The van der Waals surface area contributed by atoms with Gasteiger partial charge in [-0.2, -0.15) is 0 Å². The number of nitrogens with one attached hydrogen (secondary N) is 1. The SMILES string of the molecule is C=C(/C=C\C=C/CC)NC(=O)[C@H](I)CN1CCc2ccccc2C1. The number of nitrogens with zero attached hydrogens (tertiary/aromatic N) is 1. The number of rotatable bonds is 7. The molecule has 1 amide bonds. The van der Waals surface area contributed by atoms with Crippen molar-refractivity contribution in [2.24, 2.45) is 0 Å². The van der Waals surface area contributed by atoms with Gasteiger partial charge < -0.3 is 5.32 Å². The minimum atomic E-state index is -0.0933. The van der Waals surface area contributed by atoms with Gasteiger partial charge in [-0.15, -0.1) is 0 Å². The first kappa shape index (κ1) is 18.9. The average molecular weight is 436 g/mol. The standard InChI is InChI=1S/C20H25IN2O/c1-3-4-5-6-9-16(2)22-20(24)19(21)15-23-13-12-17-10-7-8-11-18(17)14-23/h4-11,19H,2-3,12-15H2,1H3,(H,22,24)/b5-4-,9-6-/t19-/m1/s1. The van der Waals surface area contributed by atoms with Crippen LogP contribution in [-0.4, -0.2) is 27.8 Å². The second-order valence-electron chi connectivity index (χ2n) is 5.93. The van der Waals surface area contributed by atoms with Gasteiger partial charge in [0.05, 0.1) is 0 Å². The second kappa shape index (κ2) is 9.79. The highest BCUT2D eigenvalue weighted by atomic mass is 127. The summed E-state index contributed by atoms with van der Waals surface area (Å²) >= 11 is 2.22. The van der Waals surface area contributed by atoms with Crippen LogP contribution in [0.4, 0.5) is 0 Å². The van der Waals surface area contributed by atoms with E-state index in [-0.39, 0.29) is 9.83 Å². The van der Waals surface area contributed by atoms with E-state index in [1.807, 2.05) is 18.2 Å². The number of alkyl halides is 1.